The van der Waals surface area contributed by atoms with Crippen LogP contribution in [0.5, 0.6) is 5.75 Å². The van der Waals surface area contributed by atoms with E-state index < -0.39 is 6.36 Å². The van der Waals surface area contributed by atoms with Crippen LogP contribution in [0.2, 0.25) is 0 Å². The average molecular weight is 268 g/mol. The van der Waals surface area contributed by atoms with Crippen LogP contribution < -0.4 is 10.5 Å². The Morgan fingerprint density at radius 1 is 1.21 bits per heavy atom. The summed E-state index contributed by atoms with van der Waals surface area (Å²) in [5, 5.41) is 0. The number of aromatic nitrogens is 1. The minimum absolute atomic E-state index is 0.271. The van der Waals surface area contributed by atoms with Crippen LogP contribution in [-0.2, 0) is 0 Å². The molecular weight excluding hydrogens is 257 g/mol. The van der Waals surface area contributed by atoms with Crippen LogP contribution >= 0.6 is 0 Å². The summed E-state index contributed by atoms with van der Waals surface area (Å²) >= 11 is 0. The lowest BCUT2D eigenvalue weighted by atomic mass is 10.0. The molecule has 0 amide bonds. The first-order chi connectivity index (χ1) is 8.85. The molecule has 0 aliphatic carbocycles. The molecule has 0 bridgehead atoms. The highest BCUT2D eigenvalue weighted by atomic mass is 19.4. The average Bonchev–Trinajstić information content (AvgIpc) is 2.30. The van der Waals surface area contributed by atoms with E-state index in [9.17, 15) is 13.2 Å². The molecule has 0 saturated carbocycles. The number of pyridine rings is 1. The molecule has 2 N–H and O–H groups in total. The molecule has 0 atom stereocenters. The van der Waals surface area contributed by atoms with Crippen LogP contribution in [-0.4, -0.2) is 11.3 Å². The minimum atomic E-state index is -4.71. The first-order valence-electron chi connectivity index (χ1n) is 5.43. The summed E-state index contributed by atoms with van der Waals surface area (Å²) in [6, 6.07) is 7.36. The van der Waals surface area contributed by atoms with Crippen LogP contribution in [0.15, 0.2) is 36.5 Å². The van der Waals surface area contributed by atoms with E-state index in [-0.39, 0.29) is 5.75 Å². The molecule has 0 aliphatic rings. The van der Waals surface area contributed by atoms with Gasteiger partial charge in [0.15, 0.2) is 0 Å². The number of anilines is 1. The lowest BCUT2D eigenvalue weighted by Gasteiger charge is -2.11. The monoisotopic (exact) mass is 268 g/mol. The Kier molecular flexibility index (Phi) is 3.33. The predicted molar refractivity (Wildman–Crippen MR) is 65.5 cm³/mol. The Bertz CT molecular complexity index is 597. The van der Waals surface area contributed by atoms with Crippen molar-refractivity contribution in [1.29, 1.82) is 0 Å². The molecule has 0 saturated heterocycles. The summed E-state index contributed by atoms with van der Waals surface area (Å²) in [5.41, 5.74) is 8.00. The highest BCUT2D eigenvalue weighted by molar-refractivity contribution is 5.70. The largest absolute Gasteiger partial charge is 0.573 e. The third-order valence-corrected chi connectivity index (χ3v) is 2.49. The topological polar surface area (TPSA) is 48.1 Å². The predicted octanol–water partition coefficient (Wildman–Crippen LogP) is 3.54. The maximum Gasteiger partial charge on any atom is 0.573 e. The highest BCUT2D eigenvalue weighted by Crippen LogP contribution is 2.29. The molecular formula is C13H11F3N2O. The molecule has 2 rings (SSSR count). The molecule has 2 aromatic rings. The van der Waals surface area contributed by atoms with Gasteiger partial charge in [-0.1, -0.05) is 12.1 Å². The Labute approximate surface area is 107 Å². The normalized spacial score (nSPS) is 11.4. The lowest BCUT2D eigenvalue weighted by molar-refractivity contribution is -0.274. The van der Waals surface area contributed by atoms with Crippen molar-refractivity contribution >= 4 is 5.69 Å². The number of hydrogen-bond donors (Lipinski definition) is 1. The van der Waals surface area contributed by atoms with E-state index in [4.69, 9.17) is 5.73 Å². The van der Waals surface area contributed by atoms with Gasteiger partial charge in [-0.05, 0) is 30.7 Å². The zero-order valence-electron chi connectivity index (χ0n) is 10.0. The summed E-state index contributed by atoms with van der Waals surface area (Å²) in [4.78, 5) is 4.07. The van der Waals surface area contributed by atoms with Crippen molar-refractivity contribution in [2.75, 3.05) is 5.73 Å². The van der Waals surface area contributed by atoms with Gasteiger partial charge in [0.25, 0.3) is 0 Å². The van der Waals surface area contributed by atoms with E-state index in [1.54, 1.807) is 19.1 Å². The molecule has 1 heterocycles. The number of nitrogen functional groups attached to an aromatic ring is 1. The van der Waals surface area contributed by atoms with Gasteiger partial charge < -0.3 is 10.5 Å². The highest BCUT2D eigenvalue weighted by Gasteiger charge is 2.31. The second kappa shape index (κ2) is 4.79. The fourth-order valence-electron chi connectivity index (χ4n) is 1.70. The van der Waals surface area contributed by atoms with Crippen molar-refractivity contribution in [2.24, 2.45) is 0 Å². The van der Waals surface area contributed by atoms with E-state index >= 15 is 0 Å². The van der Waals surface area contributed by atoms with Gasteiger partial charge in [-0.15, -0.1) is 13.2 Å². The molecule has 0 spiro atoms. The smallest absolute Gasteiger partial charge is 0.406 e. The summed E-state index contributed by atoms with van der Waals surface area (Å²) in [6.45, 7) is 1.76. The maximum atomic E-state index is 12.2. The summed E-state index contributed by atoms with van der Waals surface area (Å²) in [6.07, 6.45) is -3.21. The van der Waals surface area contributed by atoms with Crippen molar-refractivity contribution in [3.63, 3.8) is 0 Å². The van der Waals surface area contributed by atoms with Crippen molar-refractivity contribution in [3.05, 3.63) is 42.2 Å². The molecule has 3 nitrogen and oxygen atoms in total. The van der Waals surface area contributed by atoms with Gasteiger partial charge in [0, 0.05) is 11.3 Å². The van der Waals surface area contributed by atoms with Gasteiger partial charge in [0.2, 0.25) is 0 Å². The van der Waals surface area contributed by atoms with Gasteiger partial charge in [0.05, 0.1) is 11.9 Å². The summed E-state index contributed by atoms with van der Waals surface area (Å²) < 4.78 is 40.4. The fourth-order valence-corrected chi connectivity index (χ4v) is 1.70. The quantitative estimate of drug-likeness (QED) is 0.906. The van der Waals surface area contributed by atoms with E-state index in [2.05, 4.69) is 9.72 Å². The van der Waals surface area contributed by atoms with E-state index in [0.29, 0.717) is 22.5 Å². The number of nitrogens with zero attached hydrogens (tertiary/aromatic N) is 1. The molecule has 100 valence electrons. The molecule has 0 radical (unpaired) electrons. The van der Waals surface area contributed by atoms with Crippen LogP contribution in [0.4, 0.5) is 18.9 Å². The summed E-state index contributed by atoms with van der Waals surface area (Å²) in [5.74, 6) is -0.271. The van der Waals surface area contributed by atoms with E-state index in [0.717, 1.165) is 0 Å². The third-order valence-electron chi connectivity index (χ3n) is 2.49. The molecule has 19 heavy (non-hydrogen) atoms. The Balaban J connectivity index is 2.40. The molecule has 1 aromatic heterocycles. The SMILES string of the molecule is Cc1ncc(N)cc1-c1cccc(OC(F)(F)F)c1. The minimum Gasteiger partial charge on any atom is -0.406 e. The number of rotatable bonds is 2. The first-order valence-corrected chi connectivity index (χ1v) is 5.43. The summed E-state index contributed by atoms with van der Waals surface area (Å²) in [7, 11) is 0. The number of alkyl halides is 3. The zero-order chi connectivity index (χ0) is 14.0. The van der Waals surface area contributed by atoms with Crippen LogP contribution in [0.25, 0.3) is 11.1 Å². The Morgan fingerprint density at radius 2 is 1.95 bits per heavy atom. The fraction of sp³-hybridized carbons (Fsp3) is 0.154. The molecule has 0 fully saturated rings. The third kappa shape index (κ3) is 3.37. The van der Waals surface area contributed by atoms with E-state index in [1.807, 2.05) is 0 Å². The van der Waals surface area contributed by atoms with Crippen molar-refractivity contribution in [2.45, 2.75) is 13.3 Å². The van der Waals surface area contributed by atoms with Crippen molar-refractivity contribution in [1.82, 2.24) is 4.98 Å². The number of ether oxygens (including phenoxy) is 1. The van der Waals surface area contributed by atoms with Gasteiger partial charge in [-0.3, -0.25) is 4.98 Å². The van der Waals surface area contributed by atoms with Gasteiger partial charge >= 0.3 is 6.36 Å². The number of halogens is 3. The second-order valence-electron chi connectivity index (χ2n) is 3.98. The number of nitrogens with two attached hydrogens (primary N) is 1. The molecule has 1 aromatic carbocycles. The molecule has 0 aliphatic heterocycles. The molecule has 6 heteroatoms. The van der Waals surface area contributed by atoms with Crippen LogP contribution in [0, 0.1) is 6.92 Å². The number of hydrogen-bond acceptors (Lipinski definition) is 3. The van der Waals surface area contributed by atoms with Gasteiger partial charge in [-0.25, -0.2) is 0 Å². The first kappa shape index (κ1) is 13.2. The van der Waals surface area contributed by atoms with E-state index in [1.165, 1.54) is 24.4 Å². The number of benzene rings is 1. The zero-order valence-corrected chi connectivity index (χ0v) is 10.0. The van der Waals surface area contributed by atoms with Crippen molar-refractivity contribution < 1.29 is 17.9 Å². The second-order valence-corrected chi connectivity index (χ2v) is 3.98. The van der Waals surface area contributed by atoms with Gasteiger partial charge in [-0.2, -0.15) is 0 Å². The van der Waals surface area contributed by atoms with Crippen LogP contribution in [0.3, 0.4) is 0 Å². The Hall–Kier alpha value is -2.24. The van der Waals surface area contributed by atoms with Crippen LogP contribution in [0.1, 0.15) is 5.69 Å². The van der Waals surface area contributed by atoms with Gasteiger partial charge in [0.1, 0.15) is 5.75 Å². The standard InChI is InChI=1S/C13H11F3N2O/c1-8-12(6-10(17)7-18-8)9-3-2-4-11(5-9)19-13(14,15)16/h2-7H,17H2,1H3. The maximum absolute atomic E-state index is 12.2. The lowest BCUT2D eigenvalue weighted by Crippen LogP contribution is -2.17. The Morgan fingerprint density at radius 3 is 2.63 bits per heavy atom. The number of aryl methyl sites for hydroxylation is 1. The molecule has 0 unspecified atom stereocenters. The van der Waals surface area contributed by atoms with Crippen molar-refractivity contribution in [3.8, 4) is 16.9 Å².